The Morgan fingerprint density at radius 2 is 0.913 bits per heavy atom. The number of hydrogen-bond acceptors (Lipinski definition) is 2. The van der Waals surface area contributed by atoms with E-state index in [0.29, 0.717) is 13.2 Å². The molecule has 0 amide bonds. The summed E-state index contributed by atoms with van der Waals surface area (Å²) in [6.45, 7) is 1.14. The second-order valence-corrected chi connectivity index (χ2v) is 6.93. The van der Waals surface area contributed by atoms with E-state index in [1.54, 1.807) is 0 Å². The van der Waals surface area contributed by atoms with Crippen molar-refractivity contribution in [2.75, 3.05) is 0 Å². The number of rotatable bonds is 7. The van der Waals surface area contributed by atoms with Crippen LogP contribution in [0.4, 0.5) is 0 Å². The predicted octanol–water partition coefficient (Wildman–Crippen LogP) is 3.82. The van der Waals surface area contributed by atoms with Crippen molar-refractivity contribution in [2.45, 2.75) is 13.2 Å². The Kier molecular flexibility index (Phi) is 5.75. The molecule has 115 valence electrons. The normalized spacial score (nSPS) is 10.8. The van der Waals surface area contributed by atoms with Gasteiger partial charge in [-0.25, -0.2) is 0 Å². The fraction of sp³-hybridized carbons (Fsp3) is 0.100. The van der Waals surface area contributed by atoms with Crippen LogP contribution in [0.5, 0.6) is 0 Å². The zero-order chi connectivity index (χ0) is 15.7. The highest BCUT2D eigenvalue weighted by Crippen LogP contribution is 2.06. The van der Waals surface area contributed by atoms with E-state index in [-0.39, 0.29) is 0 Å². The highest BCUT2D eigenvalue weighted by atomic mass is 28.3. The van der Waals surface area contributed by atoms with Gasteiger partial charge in [-0.2, -0.15) is 0 Å². The van der Waals surface area contributed by atoms with E-state index >= 15 is 0 Å². The molecule has 0 fully saturated rings. The number of benzene rings is 3. The molecular weight excluding hydrogens is 300 g/mol. The molecule has 0 heterocycles. The lowest BCUT2D eigenvalue weighted by atomic mass is 10.2. The molecule has 3 heteroatoms. The minimum absolute atomic E-state index is 0.568. The van der Waals surface area contributed by atoms with Crippen molar-refractivity contribution in [1.29, 1.82) is 0 Å². The summed E-state index contributed by atoms with van der Waals surface area (Å²) in [6.07, 6.45) is 0. The maximum atomic E-state index is 6.12. The van der Waals surface area contributed by atoms with Crippen LogP contribution in [0.15, 0.2) is 91.0 Å². The molecule has 3 aromatic rings. The molecule has 1 radical (unpaired) electrons. The van der Waals surface area contributed by atoms with Crippen molar-refractivity contribution >= 4 is 14.5 Å². The van der Waals surface area contributed by atoms with Gasteiger partial charge < -0.3 is 8.85 Å². The monoisotopic (exact) mass is 319 g/mol. The average Bonchev–Trinajstić information content (AvgIpc) is 2.64. The fourth-order valence-corrected chi connectivity index (χ4v) is 3.71. The third kappa shape index (κ3) is 4.89. The summed E-state index contributed by atoms with van der Waals surface area (Å²) in [5.41, 5.74) is 2.32. The quantitative estimate of drug-likeness (QED) is 0.617. The Balaban J connectivity index is 1.66. The largest absolute Gasteiger partial charge is 0.424 e. The Morgan fingerprint density at radius 3 is 1.35 bits per heavy atom. The highest BCUT2D eigenvalue weighted by molar-refractivity contribution is 6.61. The lowest BCUT2D eigenvalue weighted by Crippen LogP contribution is -2.36. The summed E-state index contributed by atoms with van der Waals surface area (Å²) in [6, 6.07) is 30.6. The molecule has 0 atom stereocenters. The molecule has 0 aromatic heterocycles. The van der Waals surface area contributed by atoms with Crippen molar-refractivity contribution in [3.8, 4) is 0 Å². The molecule has 23 heavy (non-hydrogen) atoms. The van der Waals surface area contributed by atoms with E-state index in [4.69, 9.17) is 8.85 Å². The van der Waals surface area contributed by atoms with Crippen molar-refractivity contribution in [2.24, 2.45) is 0 Å². The summed E-state index contributed by atoms with van der Waals surface area (Å²) in [5, 5.41) is 1.13. The summed E-state index contributed by atoms with van der Waals surface area (Å²) in [7, 11) is -1.52. The minimum atomic E-state index is -1.52. The average molecular weight is 319 g/mol. The van der Waals surface area contributed by atoms with E-state index in [1.165, 1.54) is 0 Å². The van der Waals surface area contributed by atoms with Crippen LogP contribution in [0.2, 0.25) is 0 Å². The molecular formula is C20H19O2Si. The molecule has 0 aliphatic rings. The maximum absolute atomic E-state index is 6.12. The maximum Gasteiger partial charge on any atom is 0.424 e. The standard InChI is InChI=1S/C20H19O2Si/c1-4-10-18(11-5-1)16-21-23(20-14-8-3-9-15-20)22-17-19-12-6-2-7-13-19/h1-15H,16-17H2. The van der Waals surface area contributed by atoms with E-state index in [0.717, 1.165) is 16.3 Å². The summed E-state index contributed by atoms with van der Waals surface area (Å²) in [5.74, 6) is 0. The van der Waals surface area contributed by atoms with Crippen LogP contribution in [0, 0.1) is 0 Å². The molecule has 0 bridgehead atoms. The Bertz CT molecular complexity index is 643. The van der Waals surface area contributed by atoms with Gasteiger partial charge in [-0.05, 0) is 16.3 Å². The van der Waals surface area contributed by atoms with Gasteiger partial charge >= 0.3 is 9.28 Å². The second-order valence-electron chi connectivity index (χ2n) is 5.20. The van der Waals surface area contributed by atoms with Gasteiger partial charge in [0.15, 0.2) is 0 Å². The third-order valence-electron chi connectivity index (χ3n) is 3.44. The van der Waals surface area contributed by atoms with Gasteiger partial charge in [0.05, 0.1) is 13.2 Å². The molecule has 0 saturated heterocycles. The first kappa shape index (κ1) is 15.7. The molecule has 2 nitrogen and oxygen atoms in total. The predicted molar refractivity (Wildman–Crippen MR) is 94.3 cm³/mol. The molecule has 3 rings (SSSR count). The molecule has 0 N–H and O–H groups in total. The first-order valence-corrected chi connectivity index (χ1v) is 8.99. The van der Waals surface area contributed by atoms with Crippen LogP contribution in [0.3, 0.4) is 0 Å². The van der Waals surface area contributed by atoms with Crippen LogP contribution >= 0.6 is 0 Å². The molecule has 0 aliphatic carbocycles. The second kappa shape index (κ2) is 8.43. The smallest absolute Gasteiger partial charge is 0.385 e. The van der Waals surface area contributed by atoms with E-state index in [2.05, 4.69) is 36.4 Å². The van der Waals surface area contributed by atoms with E-state index in [1.807, 2.05) is 54.6 Å². The van der Waals surface area contributed by atoms with Crippen molar-refractivity contribution in [3.05, 3.63) is 102 Å². The SMILES string of the molecule is c1ccc(CO[Si](OCc2ccccc2)c2ccccc2)cc1. The van der Waals surface area contributed by atoms with Crippen LogP contribution in [-0.4, -0.2) is 9.28 Å². The van der Waals surface area contributed by atoms with Gasteiger partial charge in [0.25, 0.3) is 0 Å². The number of hydrogen-bond donors (Lipinski definition) is 0. The first-order valence-electron chi connectivity index (χ1n) is 7.67. The van der Waals surface area contributed by atoms with Crippen LogP contribution in [0.1, 0.15) is 11.1 Å². The van der Waals surface area contributed by atoms with Crippen LogP contribution < -0.4 is 5.19 Å². The Labute approximate surface area is 139 Å². The lowest BCUT2D eigenvalue weighted by molar-refractivity contribution is 0.192. The summed E-state index contributed by atoms with van der Waals surface area (Å²) in [4.78, 5) is 0. The first-order chi connectivity index (χ1) is 11.4. The highest BCUT2D eigenvalue weighted by Gasteiger charge is 2.19. The Morgan fingerprint density at radius 1 is 0.522 bits per heavy atom. The molecule has 0 aliphatic heterocycles. The molecule has 3 aromatic carbocycles. The van der Waals surface area contributed by atoms with Gasteiger partial charge in [0, 0.05) is 0 Å². The third-order valence-corrected chi connectivity index (χ3v) is 5.05. The molecule has 0 unspecified atom stereocenters. The molecule has 0 saturated carbocycles. The fourth-order valence-electron chi connectivity index (χ4n) is 2.23. The molecule has 0 spiro atoms. The zero-order valence-electron chi connectivity index (χ0n) is 12.9. The van der Waals surface area contributed by atoms with Gasteiger partial charge in [-0.1, -0.05) is 91.0 Å². The van der Waals surface area contributed by atoms with Crippen molar-refractivity contribution in [1.82, 2.24) is 0 Å². The summed E-state index contributed by atoms with van der Waals surface area (Å²) < 4.78 is 12.2. The zero-order valence-corrected chi connectivity index (χ0v) is 13.9. The lowest BCUT2D eigenvalue weighted by Gasteiger charge is -2.16. The van der Waals surface area contributed by atoms with E-state index in [9.17, 15) is 0 Å². The van der Waals surface area contributed by atoms with Gasteiger partial charge in [0.1, 0.15) is 0 Å². The van der Waals surface area contributed by atoms with Crippen molar-refractivity contribution in [3.63, 3.8) is 0 Å². The topological polar surface area (TPSA) is 18.5 Å². The van der Waals surface area contributed by atoms with E-state index < -0.39 is 9.28 Å². The van der Waals surface area contributed by atoms with Gasteiger partial charge in [0.2, 0.25) is 0 Å². The van der Waals surface area contributed by atoms with Crippen molar-refractivity contribution < 1.29 is 8.85 Å². The Hall–Kier alpha value is -2.20. The summed E-state index contributed by atoms with van der Waals surface area (Å²) >= 11 is 0. The van der Waals surface area contributed by atoms with Gasteiger partial charge in [-0.15, -0.1) is 0 Å². The minimum Gasteiger partial charge on any atom is -0.385 e. The van der Waals surface area contributed by atoms with Crippen LogP contribution in [-0.2, 0) is 22.1 Å². The van der Waals surface area contributed by atoms with Gasteiger partial charge in [-0.3, -0.25) is 0 Å². The van der Waals surface area contributed by atoms with Crippen LogP contribution in [0.25, 0.3) is 0 Å².